The van der Waals surface area contributed by atoms with Gasteiger partial charge in [0.25, 0.3) is 0 Å². The van der Waals surface area contributed by atoms with Crippen LogP contribution in [-0.2, 0) is 20.8 Å². The van der Waals surface area contributed by atoms with Crippen LogP contribution in [0.2, 0.25) is 0 Å². The summed E-state index contributed by atoms with van der Waals surface area (Å²) in [7, 11) is 0. The first kappa shape index (κ1) is 21.1. The molecule has 0 spiro atoms. The second-order valence-corrected chi connectivity index (χ2v) is 5.34. The van der Waals surface area contributed by atoms with Gasteiger partial charge in [0.05, 0.1) is 33.0 Å². The monoisotopic (exact) mass is 449 g/mol. The van der Waals surface area contributed by atoms with Crippen molar-refractivity contribution < 1.29 is 14.2 Å². The number of nitrogens with zero attached hydrogens (tertiary/aromatic N) is 2. The van der Waals surface area contributed by atoms with Crippen LogP contribution in [0.3, 0.4) is 0 Å². The molecular formula is C17H28IN3O3. The number of benzene rings is 1. The Bertz CT molecular complexity index is 454. The van der Waals surface area contributed by atoms with Gasteiger partial charge in [-0.1, -0.05) is 30.3 Å². The molecule has 6 nitrogen and oxygen atoms in total. The van der Waals surface area contributed by atoms with E-state index in [1.807, 2.05) is 18.2 Å². The van der Waals surface area contributed by atoms with E-state index in [-0.39, 0.29) is 24.0 Å². The minimum atomic E-state index is 0. The van der Waals surface area contributed by atoms with Crippen LogP contribution in [0.15, 0.2) is 35.3 Å². The van der Waals surface area contributed by atoms with Gasteiger partial charge >= 0.3 is 0 Å². The normalized spacial score (nSPS) is 15.2. The second-order valence-electron chi connectivity index (χ2n) is 5.34. The molecule has 0 saturated carbocycles. The molecule has 0 bridgehead atoms. The molecule has 1 heterocycles. The number of nitrogens with two attached hydrogens (primary N) is 1. The van der Waals surface area contributed by atoms with Gasteiger partial charge in [-0.2, -0.15) is 0 Å². The summed E-state index contributed by atoms with van der Waals surface area (Å²) in [5.74, 6) is 0.611. The summed E-state index contributed by atoms with van der Waals surface area (Å²) in [6.07, 6.45) is 0.865. The van der Waals surface area contributed by atoms with Crippen molar-refractivity contribution in [1.82, 2.24) is 4.90 Å². The zero-order valence-corrected chi connectivity index (χ0v) is 16.4. The fraction of sp³-hybridized carbons (Fsp3) is 0.588. The Morgan fingerprint density at radius 3 is 2.54 bits per heavy atom. The van der Waals surface area contributed by atoms with Crippen LogP contribution in [0.4, 0.5) is 0 Å². The lowest BCUT2D eigenvalue weighted by atomic mass is 10.2. The molecule has 0 atom stereocenters. The maximum absolute atomic E-state index is 5.94. The van der Waals surface area contributed by atoms with E-state index < -0.39 is 0 Å². The Morgan fingerprint density at radius 1 is 1.08 bits per heavy atom. The van der Waals surface area contributed by atoms with E-state index in [0.717, 1.165) is 32.7 Å². The number of hydrogen-bond donors (Lipinski definition) is 1. The zero-order chi connectivity index (χ0) is 16.2. The van der Waals surface area contributed by atoms with E-state index in [1.54, 1.807) is 0 Å². The lowest BCUT2D eigenvalue weighted by molar-refractivity contribution is 0.0403. The summed E-state index contributed by atoms with van der Waals surface area (Å²) in [6.45, 7) is 6.30. The lowest BCUT2D eigenvalue weighted by Crippen LogP contribution is -2.44. The van der Waals surface area contributed by atoms with E-state index >= 15 is 0 Å². The van der Waals surface area contributed by atoms with Gasteiger partial charge in [-0.3, -0.25) is 4.99 Å². The van der Waals surface area contributed by atoms with E-state index in [4.69, 9.17) is 19.9 Å². The average Bonchev–Trinajstić information content (AvgIpc) is 2.61. The highest BCUT2D eigenvalue weighted by Crippen LogP contribution is 2.00. The first-order valence-electron chi connectivity index (χ1n) is 8.18. The van der Waals surface area contributed by atoms with Crippen molar-refractivity contribution in [2.45, 2.75) is 13.0 Å². The minimum absolute atomic E-state index is 0. The molecule has 1 fully saturated rings. The van der Waals surface area contributed by atoms with Gasteiger partial charge in [0.1, 0.15) is 0 Å². The van der Waals surface area contributed by atoms with Crippen molar-refractivity contribution in [2.24, 2.45) is 10.7 Å². The maximum atomic E-state index is 5.94. The van der Waals surface area contributed by atoms with Crippen LogP contribution in [-0.4, -0.2) is 63.5 Å². The number of morpholine rings is 1. The van der Waals surface area contributed by atoms with Crippen molar-refractivity contribution in [1.29, 1.82) is 0 Å². The van der Waals surface area contributed by atoms with E-state index in [9.17, 15) is 0 Å². The van der Waals surface area contributed by atoms with Crippen molar-refractivity contribution in [2.75, 3.05) is 52.7 Å². The predicted octanol–water partition coefficient (Wildman–Crippen LogP) is 1.87. The Morgan fingerprint density at radius 2 is 1.79 bits per heavy atom. The first-order valence-corrected chi connectivity index (χ1v) is 8.18. The Labute approximate surface area is 161 Å². The Balaban J connectivity index is 0.00000288. The molecule has 0 aliphatic carbocycles. The van der Waals surface area contributed by atoms with Gasteiger partial charge in [-0.15, -0.1) is 24.0 Å². The molecule has 2 rings (SSSR count). The third-order valence-electron chi connectivity index (χ3n) is 3.54. The van der Waals surface area contributed by atoms with Gasteiger partial charge < -0.3 is 24.8 Å². The van der Waals surface area contributed by atoms with Gasteiger partial charge in [0, 0.05) is 26.2 Å². The Kier molecular flexibility index (Phi) is 11.8. The molecule has 0 unspecified atom stereocenters. The smallest absolute Gasteiger partial charge is 0.191 e. The molecule has 0 amide bonds. The highest BCUT2D eigenvalue weighted by atomic mass is 127. The number of halogens is 1. The van der Waals surface area contributed by atoms with Crippen molar-refractivity contribution in [3.05, 3.63) is 35.9 Å². The summed E-state index contributed by atoms with van der Waals surface area (Å²) in [6, 6.07) is 10.1. The van der Waals surface area contributed by atoms with Crippen molar-refractivity contribution in [3.8, 4) is 0 Å². The average molecular weight is 449 g/mol. The summed E-state index contributed by atoms with van der Waals surface area (Å²) in [4.78, 5) is 6.43. The molecule has 1 aliphatic rings. The maximum Gasteiger partial charge on any atom is 0.191 e. The van der Waals surface area contributed by atoms with Crippen LogP contribution >= 0.6 is 24.0 Å². The molecule has 1 aromatic rings. The van der Waals surface area contributed by atoms with E-state index in [0.29, 0.717) is 38.9 Å². The van der Waals surface area contributed by atoms with Gasteiger partial charge in [-0.05, 0) is 12.0 Å². The summed E-state index contributed by atoms with van der Waals surface area (Å²) < 4.78 is 16.4. The molecule has 1 aliphatic heterocycles. The molecule has 24 heavy (non-hydrogen) atoms. The largest absolute Gasteiger partial charge is 0.379 e. The molecule has 1 aromatic carbocycles. The Hall–Kier alpha value is -0.900. The SMILES string of the molecule is I.NC(=NCCCOCCOCc1ccccc1)N1CCOCC1. The number of hydrogen-bond acceptors (Lipinski definition) is 4. The lowest BCUT2D eigenvalue weighted by Gasteiger charge is -2.27. The van der Waals surface area contributed by atoms with Crippen molar-refractivity contribution in [3.63, 3.8) is 0 Å². The second kappa shape index (κ2) is 13.4. The van der Waals surface area contributed by atoms with Crippen molar-refractivity contribution >= 4 is 29.9 Å². The standard InChI is InChI=1S/C17H27N3O3.HI/c18-17(20-8-11-22-12-9-20)19-7-4-10-21-13-14-23-15-16-5-2-1-3-6-16;/h1-3,5-6H,4,7-15H2,(H2,18,19);1H. The highest BCUT2D eigenvalue weighted by molar-refractivity contribution is 14.0. The van der Waals surface area contributed by atoms with Gasteiger partial charge in [0.15, 0.2) is 5.96 Å². The van der Waals surface area contributed by atoms with Crippen LogP contribution in [0.25, 0.3) is 0 Å². The van der Waals surface area contributed by atoms with Crippen LogP contribution in [0.5, 0.6) is 0 Å². The minimum Gasteiger partial charge on any atom is -0.379 e. The number of ether oxygens (including phenoxy) is 3. The number of guanidine groups is 1. The van der Waals surface area contributed by atoms with Gasteiger partial charge in [0.2, 0.25) is 0 Å². The molecular weight excluding hydrogens is 421 g/mol. The third-order valence-corrected chi connectivity index (χ3v) is 3.54. The fourth-order valence-corrected chi connectivity index (χ4v) is 2.24. The predicted molar refractivity (Wildman–Crippen MR) is 106 cm³/mol. The quantitative estimate of drug-likeness (QED) is 0.270. The summed E-state index contributed by atoms with van der Waals surface area (Å²) in [5, 5.41) is 0. The van der Waals surface area contributed by atoms with Gasteiger partial charge in [-0.25, -0.2) is 0 Å². The summed E-state index contributed by atoms with van der Waals surface area (Å²) in [5.41, 5.74) is 7.12. The molecule has 2 N–H and O–H groups in total. The molecule has 136 valence electrons. The fourth-order valence-electron chi connectivity index (χ4n) is 2.24. The molecule has 1 saturated heterocycles. The molecule has 0 radical (unpaired) electrons. The zero-order valence-electron chi connectivity index (χ0n) is 14.1. The highest BCUT2D eigenvalue weighted by Gasteiger charge is 2.11. The van der Waals surface area contributed by atoms with E-state index in [1.165, 1.54) is 5.56 Å². The number of aliphatic imine (C=N–C) groups is 1. The van der Waals surface area contributed by atoms with Crippen LogP contribution in [0, 0.1) is 0 Å². The third kappa shape index (κ3) is 8.81. The topological polar surface area (TPSA) is 69.3 Å². The summed E-state index contributed by atoms with van der Waals surface area (Å²) >= 11 is 0. The molecule has 0 aromatic heterocycles. The van der Waals surface area contributed by atoms with Crippen LogP contribution < -0.4 is 5.73 Å². The first-order chi connectivity index (χ1) is 11.4. The van der Waals surface area contributed by atoms with E-state index in [2.05, 4.69) is 22.0 Å². The van der Waals surface area contributed by atoms with Crippen LogP contribution in [0.1, 0.15) is 12.0 Å². The number of rotatable bonds is 9. The molecule has 7 heteroatoms.